The van der Waals surface area contributed by atoms with Crippen LogP contribution in [0.5, 0.6) is 5.75 Å². The molecule has 0 heterocycles. The average Bonchev–Trinajstić information content (AvgIpc) is 2.29. The summed E-state index contributed by atoms with van der Waals surface area (Å²) >= 11 is 0. The van der Waals surface area contributed by atoms with Crippen molar-refractivity contribution in [2.24, 2.45) is 0 Å². The molecule has 3 nitrogen and oxygen atoms in total. The van der Waals surface area contributed by atoms with Crippen LogP contribution in [0.2, 0.25) is 0 Å². The van der Waals surface area contributed by atoms with Gasteiger partial charge in [0.15, 0.2) is 0 Å². The average molecular weight is 255 g/mol. The molecule has 2 unspecified atom stereocenters. The lowest BCUT2D eigenvalue weighted by atomic mass is 10.1. The summed E-state index contributed by atoms with van der Waals surface area (Å²) in [5.41, 5.74) is 1.16. The van der Waals surface area contributed by atoms with Gasteiger partial charge in [-0.25, -0.2) is 0 Å². The van der Waals surface area contributed by atoms with E-state index in [2.05, 4.69) is 12.2 Å². The van der Waals surface area contributed by atoms with E-state index in [0.29, 0.717) is 12.4 Å². The van der Waals surface area contributed by atoms with Gasteiger partial charge in [-0.15, -0.1) is 0 Å². The van der Waals surface area contributed by atoms with Crippen LogP contribution in [0.15, 0.2) is 24.3 Å². The molecule has 2 atom stereocenters. The summed E-state index contributed by atoms with van der Waals surface area (Å²) in [6.07, 6.45) is 1.74. The predicted molar refractivity (Wildman–Crippen MR) is 73.0 cm³/mol. The zero-order valence-corrected chi connectivity index (χ0v) is 11.5. The van der Waals surface area contributed by atoms with Gasteiger partial charge in [-0.2, -0.15) is 0 Å². The van der Waals surface area contributed by atoms with E-state index in [0.717, 1.165) is 17.9 Å². The fourth-order valence-electron chi connectivity index (χ4n) is 1.72. The maximum Gasteiger partial charge on any atom is 0.119 e. The van der Waals surface area contributed by atoms with Gasteiger partial charge >= 0.3 is 0 Å². The van der Waals surface area contributed by atoms with Gasteiger partial charge in [0.05, 0.1) is 6.61 Å². The lowest BCUT2D eigenvalue weighted by molar-refractivity contribution is 0.340. The molecule has 0 aromatic heterocycles. The van der Waals surface area contributed by atoms with E-state index in [1.54, 1.807) is 6.26 Å². The monoisotopic (exact) mass is 255 g/mol. The number of ether oxygens (including phenoxy) is 1. The fraction of sp³-hybridized carbons (Fsp3) is 0.538. The molecule has 96 valence electrons. The predicted octanol–water partition coefficient (Wildman–Crippen LogP) is 2.11. The van der Waals surface area contributed by atoms with Crippen LogP contribution < -0.4 is 10.1 Å². The van der Waals surface area contributed by atoms with Crippen LogP contribution in [0.1, 0.15) is 25.5 Å². The molecule has 0 saturated heterocycles. The molecule has 0 amide bonds. The van der Waals surface area contributed by atoms with E-state index in [1.165, 1.54) is 0 Å². The molecule has 0 radical (unpaired) electrons. The SMILES string of the molecule is CCNC(CS(C)=O)c1ccc(OCC)cc1. The topological polar surface area (TPSA) is 38.3 Å². The summed E-state index contributed by atoms with van der Waals surface area (Å²) in [5.74, 6) is 1.52. The van der Waals surface area contributed by atoms with Crippen molar-refractivity contribution < 1.29 is 8.95 Å². The zero-order chi connectivity index (χ0) is 12.7. The van der Waals surface area contributed by atoms with Gasteiger partial charge < -0.3 is 10.1 Å². The van der Waals surface area contributed by atoms with E-state index in [9.17, 15) is 4.21 Å². The highest BCUT2D eigenvalue weighted by Crippen LogP contribution is 2.18. The summed E-state index contributed by atoms with van der Waals surface area (Å²) in [6.45, 7) is 5.57. The fourth-order valence-corrected chi connectivity index (χ4v) is 2.50. The van der Waals surface area contributed by atoms with Crippen LogP contribution in [0, 0.1) is 0 Å². The van der Waals surface area contributed by atoms with Gasteiger partial charge in [-0.1, -0.05) is 19.1 Å². The molecule has 0 aliphatic carbocycles. The summed E-state index contributed by atoms with van der Waals surface area (Å²) in [4.78, 5) is 0. The number of rotatable bonds is 7. The Balaban J connectivity index is 2.75. The Labute approximate surface area is 106 Å². The minimum Gasteiger partial charge on any atom is -0.494 e. The first kappa shape index (κ1) is 14.2. The Hall–Kier alpha value is -0.870. The Morgan fingerprint density at radius 2 is 1.94 bits per heavy atom. The van der Waals surface area contributed by atoms with Crippen molar-refractivity contribution in [1.29, 1.82) is 0 Å². The Bertz CT molecular complexity index is 351. The Morgan fingerprint density at radius 3 is 2.41 bits per heavy atom. The quantitative estimate of drug-likeness (QED) is 0.811. The molecule has 0 saturated carbocycles. The van der Waals surface area contributed by atoms with Crippen LogP contribution in [-0.4, -0.2) is 29.4 Å². The van der Waals surface area contributed by atoms with Crippen LogP contribution in [0.4, 0.5) is 0 Å². The largest absolute Gasteiger partial charge is 0.494 e. The molecule has 0 spiro atoms. The van der Waals surface area contributed by atoms with E-state index in [4.69, 9.17) is 4.74 Å². The molecular weight excluding hydrogens is 234 g/mol. The highest BCUT2D eigenvalue weighted by atomic mass is 32.2. The number of nitrogens with one attached hydrogen (secondary N) is 1. The number of hydrogen-bond donors (Lipinski definition) is 1. The summed E-state index contributed by atoms with van der Waals surface area (Å²) in [7, 11) is -0.800. The third-order valence-electron chi connectivity index (χ3n) is 2.45. The maximum absolute atomic E-state index is 11.3. The van der Waals surface area contributed by atoms with Crippen molar-refractivity contribution in [3.63, 3.8) is 0 Å². The van der Waals surface area contributed by atoms with Crippen molar-refractivity contribution in [1.82, 2.24) is 5.32 Å². The first-order valence-electron chi connectivity index (χ1n) is 5.93. The van der Waals surface area contributed by atoms with Crippen molar-refractivity contribution in [2.45, 2.75) is 19.9 Å². The first-order chi connectivity index (χ1) is 8.17. The molecule has 0 fully saturated rings. The molecule has 1 aromatic rings. The molecular formula is C13H21NO2S. The summed E-state index contributed by atoms with van der Waals surface area (Å²) in [5, 5.41) is 3.35. The normalized spacial score (nSPS) is 14.3. The molecule has 0 aliphatic heterocycles. The van der Waals surface area contributed by atoms with Crippen molar-refractivity contribution in [3.8, 4) is 5.75 Å². The van der Waals surface area contributed by atoms with E-state index in [1.807, 2.05) is 31.2 Å². The van der Waals surface area contributed by atoms with Crippen LogP contribution in [0.3, 0.4) is 0 Å². The summed E-state index contributed by atoms with van der Waals surface area (Å²) < 4.78 is 16.7. The molecule has 17 heavy (non-hydrogen) atoms. The third-order valence-corrected chi connectivity index (χ3v) is 3.25. The lowest BCUT2D eigenvalue weighted by Crippen LogP contribution is -2.25. The van der Waals surface area contributed by atoms with E-state index >= 15 is 0 Å². The first-order valence-corrected chi connectivity index (χ1v) is 7.66. The Morgan fingerprint density at radius 1 is 1.29 bits per heavy atom. The van der Waals surface area contributed by atoms with E-state index < -0.39 is 10.8 Å². The Kier molecular flexibility index (Phi) is 6.22. The van der Waals surface area contributed by atoms with Crippen LogP contribution in [0.25, 0.3) is 0 Å². The van der Waals surface area contributed by atoms with Crippen LogP contribution in [-0.2, 0) is 10.8 Å². The number of benzene rings is 1. The molecule has 1 aromatic carbocycles. The minimum absolute atomic E-state index is 0.154. The highest BCUT2D eigenvalue weighted by molar-refractivity contribution is 7.84. The van der Waals surface area contributed by atoms with Crippen molar-refractivity contribution in [2.75, 3.05) is 25.2 Å². The number of hydrogen-bond acceptors (Lipinski definition) is 3. The minimum atomic E-state index is -0.800. The van der Waals surface area contributed by atoms with Crippen molar-refractivity contribution >= 4 is 10.8 Å². The van der Waals surface area contributed by atoms with Gasteiger partial charge in [0.2, 0.25) is 0 Å². The summed E-state index contributed by atoms with van der Waals surface area (Å²) in [6, 6.07) is 8.14. The second kappa shape index (κ2) is 7.45. The highest BCUT2D eigenvalue weighted by Gasteiger charge is 2.11. The third kappa shape index (κ3) is 4.88. The second-order valence-electron chi connectivity index (χ2n) is 3.85. The van der Waals surface area contributed by atoms with E-state index in [-0.39, 0.29) is 6.04 Å². The van der Waals surface area contributed by atoms with Crippen LogP contribution >= 0.6 is 0 Å². The standard InChI is InChI=1S/C13H21NO2S/c1-4-14-13(10-17(3)15)11-6-8-12(9-7-11)16-5-2/h6-9,13-14H,4-5,10H2,1-3H3. The smallest absolute Gasteiger partial charge is 0.119 e. The van der Waals surface area contributed by atoms with Gasteiger partial charge in [0.1, 0.15) is 5.75 Å². The van der Waals surface area contributed by atoms with Gasteiger partial charge in [0, 0.05) is 28.9 Å². The van der Waals surface area contributed by atoms with Crippen molar-refractivity contribution in [3.05, 3.63) is 29.8 Å². The zero-order valence-electron chi connectivity index (χ0n) is 10.7. The van der Waals surface area contributed by atoms with Gasteiger partial charge in [0.25, 0.3) is 0 Å². The molecule has 1 rings (SSSR count). The van der Waals surface area contributed by atoms with Gasteiger partial charge in [-0.3, -0.25) is 4.21 Å². The lowest BCUT2D eigenvalue weighted by Gasteiger charge is -2.17. The molecule has 0 bridgehead atoms. The molecule has 0 aliphatic rings. The molecule has 1 N–H and O–H groups in total. The van der Waals surface area contributed by atoms with Gasteiger partial charge in [-0.05, 0) is 31.2 Å². The maximum atomic E-state index is 11.3. The second-order valence-corrected chi connectivity index (χ2v) is 5.33. The molecule has 4 heteroatoms.